The summed E-state index contributed by atoms with van der Waals surface area (Å²) in [4.78, 5) is 17.1. The molecule has 1 aliphatic rings. The number of benzene rings is 2. The Bertz CT molecular complexity index is 1710. The number of hydrogen-bond donors (Lipinski definition) is 3. The van der Waals surface area contributed by atoms with Gasteiger partial charge in [0.25, 0.3) is 0 Å². The van der Waals surface area contributed by atoms with Gasteiger partial charge in [0, 0.05) is 23.8 Å². The third kappa shape index (κ3) is 6.96. The highest BCUT2D eigenvalue weighted by Crippen LogP contribution is 2.34. The molecule has 4 N–H and O–H groups in total. The van der Waals surface area contributed by atoms with Crippen molar-refractivity contribution in [1.82, 2.24) is 14.9 Å². The number of anilines is 1. The van der Waals surface area contributed by atoms with Crippen molar-refractivity contribution in [2.75, 3.05) is 12.4 Å². The lowest BCUT2D eigenvalue weighted by Crippen LogP contribution is -2.38. The number of amides is 1. The van der Waals surface area contributed by atoms with Crippen molar-refractivity contribution in [2.24, 2.45) is 10.7 Å². The standard InChI is InChI=1S/C34H41FN6O3/c1-7-21-8-9-23(35)16-29(21)40-32(36)28-18-37-41-19-22(27-13-12-26(43-6)14-20(27)2)15-30(41)31(28)38-24-10-11-25(17-24)39-33(42)44-34(3,4)5/h8-9,12-16,18-19,24-25,38H,7,10-11,17H2,1-6H3,(H2,36,40)(H,39,42)/t24-,25+/m1/s1. The first-order chi connectivity index (χ1) is 20.9. The van der Waals surface area contributed by atoms with E-state index >= 15 is 0 Å². The van der Waals surface area contributed by atoms with Gasteiger partial charge in [0.15, 0.2) is 0 Å². The van der Waals surface area contributed by atoms with Gasteiger partial charge in [0.1, 0.15) is 23.0 Å². The summed E-state index contributed by atoms with van der Waals surface area (Å²) in [5, 5.41) is 11.4. The SMILES string of the molecule is CCc1ccc(F)cc1N=C(N)c1cnn2cc(-c3ccc(OC)cc3C)cc2c1N[C@@H]1CC[C@H](NC(=O)OC(C)(C)C)C1. The predicted molar refractivity (Wildman–Crippen MR) is 172 cm³/mol. The number of methoxy groups -OCH3 is 1. The molecular weight excluding hydrogens is 559 g/mol. The van der Waals surface area contributed by atoms with Crippen molar-refractivity contribution in [3.63, 3.8) is 0 Å². The Morgan fingerprint density at radius 1 is 1.16 bits per heavy atom. The number of aromatic nitrogens is 2. The van der Waals surface area contributed by atoms with Crippen molar-refractivity contribution in [1.29, 1.82) is 0 Å². The molecule has 0 bridgehead atoms. The predicted octanol–water partition coefficient (Wildman–Crippen LogP) is 6.91. The van der Waals surface area contributed by atoms with Gasteiger partial charge in [-0.1, -0.05) is 19.1 Å². The number of halogens is 1. The Morgan fingerprint density at radius 3 is 2.64 bits per heavy atom. The molecule has 1 saturated carbocycles. The second kappa shape index (κ2) is 12.6. The third-order valence-electron chi connectivity index (χ3n) is 7.83. The van der Waals surface area contributed by atoms with Crippen LogP contribution >= 0.6 is 0 Å². The van der Waals surface area contributed by atoms with Crippen LogP contribution in [0.15, 0.2) is 59.9 Å². The largest absolute Gasteiger partial charge is 0.497 e. The monoisotopic (exact) mass is 600 g/mol. The molecule has 1 fully saturated rings. The molecule has 44 heavy (non-hydrogen) atoms. The van der Waals surface area contributed by atoms with Crippen LogP contribution in [0.4, 0.5) is 20.6 Å². The van der Waals surface area contributed by atoms with Crippen molar-refractivity contribution < 1.29 is 18.7 Å². The molecule has 9 nitrogen and oxygen atoms in total. The summed E-state index contributed by atoms with van der Waals surface area (Å²) in [6.45, 7) is 9.58. The molecule has 2 atom stereocenters. The molecular formula is C34H41FN6O3. The highest BCUT2D eigenvalue weighted by atomic mass is 19.1. The van der Waals surface area contributed by atoms with E-state index in [2.05, 4.69) is 26.8 Å². The average Bonchev–Trinajstić information content (AvgIpc) is 3.59. The fourth-order valence-electron chi connectivity index (χ4n) is 5.69. The minimum absolute atomic E-state index is 0.0293. The van der Waals surface area contributed by atoms with Crippen LogP contribution < -0.4 is 21.1 Å². The number of aryl methyl sites for hydroxylation is 2. The van der Waals surface area contributed by atoms with Gasteiger partial charge in [0.05, 0.1) is 35.8 Å². The number of ether oxygens (including phenoxy) is 2. The zero-order valence-corrected chi connectivity index (χ0v) is 26.2. The van der Waals surface area contributed by atoms with Crippen LogP contribution in [0, 0.1) is 12.7 Å². The van der Waals surface area contributed by atoms with Gasteiger partial charge in [-0.25, -0.2) is 18.7 Å². The molecule has 0 spiro atoms. The number of fused-ring (bicyclic) bond motifs is 1. The topological polar surface area (TPSA) is 115 Å². The first-order valence-electron chi connectivity index (χ1n) is 15.0. The summed E-state index contributed by atoms with van der Waals surface area (Å²) < 4.78 is 26.9. The molecule has 0 saturated heterocycles. The van der Waals surface area contributed by atoms with E-state index in [-0.39, 0.29) is 23.7 Å². The number of nitrogens with zero attached hydrogens (tertiary/aromatic N) is 3. The Balaban J connectivity index is 1.52. The van der Waals surface area contributed by atoms with Gasteiger partial charge in [-0.3, -0.25) is 0 Å². The normalized spacial score (nSPS) is 17.1. The van der Waals surface area contributed by atoms with E-state index in [0.717, 1.165) is 52.0 Å². The minimum Gasteiger partial charge on any atom is -0.497 e. The number of alkyl carbamates (subject to hydrolysis) is 1. The molecule has 10 heteroatoms. The van der Waals surface area contributed by atoms with E-state index in [1.807, 2.05) is 63.5 Å². The molecule has 2 aromatic carbocycles. The third-order valence-corrected chi connectivity index (χ3v) is 7.83. The maximum Gasteiger partial charge on any atom is 0.407 e. The van der Waals surface area contributed by atoms with E-state index < -0.39 is 11.7 Å². The number of nitrogens with two attached hydrogens (primary N) is 1. The molecule has 0 unspecified atom stereocenters. The number of amidine groups is 1. The van der Waals surface area contributed by atoms with Crippen molar-refractivity contribution >= 4 is 28.8 Å². The molecule has 2 aromatic heterocycles. The van der Waals surface area contributed by atoms with E-state index in [4.69, 9.17) is 15.2 Å². The van der Waals surface area contributed by atoms with Gasteiger partial charge < -0.3 is 25.8 Å². The van der Waals surface area contributed by atoms with Gasteiger partial charge in [0.2, 0.25) is 0 Å². The van der Waals surface area contributed by atoms with Gasteiger partial charge in [-0.05, 0) is 100 Å². The summed E-state index contributed by atoms with van der Waals surface area (Å²) in [6.07, 6.45) is 6.29. The lowest BCUT2D eigenvalue weighted by molar-refractivity contribution is 0.0505. The second-order valence-corrected chi connectivity index (χ2v) is 12.3. The Labute approximate surface area is 257 Å². The van der Waals surface area contributed by atoms with E-state index in [9.17, 15) is 9.18 Å². The van der Waals surface area contributed by atoms with Crippen molar-refractivity contribution in [2.45, 2.75) is 78.0 Å². The van der Waals surface area contributed by atoms with Crippen LogP contribution in [0.1, 0.15) is 63.6 Å². The Hall–Kier alpha value is -4.60. The zero-order chi connectivity index (χ0) is 31.6. The van der Waals surface area contributed by atoms with E-state index in [0.29, 0.717) is 24.1 Å². The fourth-order valence-corrected chi connectivity index (χ4v) is 5.69. The number of hydrogen-bond acceptors (Lipinski definition) is 6. The fraction of sp³-hybridized carbons (Fsp3) is 0.382. The minimum atomic E-state index is -0.566. The first-order valence-corrected chi connectivity index (χ1v) is 15.0. The lowest BCUT2D eigenvalue weighted by Gasteiger charge is -2.22. The molecule has 5 rings (SSSR count). The quantitative estimate of drug-likeness (QED) is 0.149. The van der Waals surface area contributed by atoms with E-state index in [1.165, 1.54) is 12.1 Å². The zero-order valence-electron chi connectivity index (χ0n) is 26.2. The van der Waals surface area contributed by atoms with Crippen LogP contribution in [0.25, 0.3) is 16.6 Å². The van der Waals surface area contributed by atoms with Crippen LogP contribution in [0.5, 0.6) is 5.75 Å². The molecule has 4 aromatic rings. The molecule has 0 radical (unpaired) electrons. The van der Waals surface area contributed by atoms with Crippen LogP contribution in [-0.4, -0.2) is 46.3 Å². The highest BCUT2D eigenvalue weighted by molar-refractivity contribution is 6.06. The summed E-state index contributed by atoms with van der Waals surface area (Å²) in [7, 11) is 1.65. The molecule has 2 heterocycles. The molecule has 232 valence electrons. The van der Waals surface area contributed by atoms with E-state index in [1.54, 1.807) is 19.4 Å². The number of nitrogens with one attached hydrogen (secondary N) is 2. The Morgan fingerprint density at radius 2 is 1.93 bits per heavy atom. The van der Waals surface area contributed by atoms with Crippen LogP contribution in [0.2, 0.25) is 0 Å². The maximum atomic E-state index is 14.2. The first kappa shape index (κ1) is 30.8. The van der Waals surface area contributed by atoms with Crippen molar-refractivity contribution in [3.8, 4) is 16.9 Å². The molecule has 0 aliphatic heterocycles. The van der Waals surface area contributed by atoms with Crippen molar-refractivity contribution in [3.05, 3.63) is 77.4 Å². The summed E-state index contributed by atoms with van der Waals surface area (Å²) >= 11 is 0. The van der Waals surface area contributed by atoms with Gasteiger partial charge in [-0.2, -0.15) is 5.10 Å². The summed E-state index contributed by atoms with van der Waals surface area (Å²) in [5.74, 6) is 0.648. The van der Waals surface area contributed by atoms with Gasteiger partial charge in [-0.15, -0.1) is 0 Å². The number of carbonyl (C=O) groups excluding carboxylic acids is 1. The smallest absolute Gasteiger partial charge is 0.407 e. The number of carbonyl (C=O) groups is 1. The lowest BCUT2D eigenvalue weighted by atomic mass is 10.0. The number of aliphatic imine (C=N–C) groups is 1. The highest BCUT2D eigenvalue weighted by Gasteiger charge is 2.29. The molecule has 1 aliphatic carbocycles. The molecule has 1 amide bonds. The van der Waals surface area contributed by atoms with Gasteiger partial charge >= 0.3 is 6.09 Å². The van der Waals surface area contributed by atoms with Crippen LogP contribution in [-0.2, 0) is 11.2 Å². The summed E-state index contributed by atoms with van der Waals surface area (Å²) in [5.41, 5.74) is 12.8. The summed E-state index contributed by atoms with van der Waals surface area (Å²) in [6, 6.07) is 12.6. The van der Waals surface area contributed by atoms with Crippen LogP contribution in [0.3, 0.4) is 0 Å². The average molecular weight is 601 g/mol. The second-order valence-electron chi connectivity index (χ2n) is 12.3. The Kier molecular flexibility index (Phi) is 8.80. The number of rotatable bonds is 8. The maximum absolute atomic E-state index is 14.2.